The van der Waals surface area contributed by atoms with Crippen LogP contribution in [0, 0.1) is 5.92 Å². The molecule has 0 fully saturated rings. The lowest BCUT2D eigenvalue weighted by Gasteiger charge is -2.14. The fraction of sp³-hybridized carbons (Fsp3) is 0.308. The number of hydrogen-bond acceptors (Lipinski definition) is 8. The lowest BCUT2D eigenvalue weighted by atomic mass is 10.2. The van der Waals surface area contributed by atoms with Gasteiger partial charge in [-0.15, -0.1) is 0 Å². The monoisotopic (exact) mass is 555 g/mol. The number of hydrogen-bond donors (Lipinski definition) is 2. The summed E-state index contributed by atoms with van der Waals surface area (Å²) in [5.74, 6) is 0.731. The smallest absolute Gasteiger partial charge is 0.320 e. The quantitative estimate of drug-likeness (QED) is 0.257. The maximum atomic E-state index is 12.6. The van der Waals surface area contributed by atoms with E-state index < -0.39 is 0 Å². The average Bonchev–Trinajstić information content (AvgIpc) is 2.82. The number of halogens is 1. The molecule has 0 spiro atoms. The van der Waals surface area contributed by atoms with E-state index in [1.54, 1.807) is 30.2 Å². The number of esters is 1. The summed E-state index contributed by atoms with van der Waals surface area (Å²) >= 11 is 3.47. The van der Waals surface area contributed by atoms with Gasteiger partial charge in [0.15, 0.2) is 0 Å². The van der Waals surface area contributed by atoms with Crippen molar-refractivity contribution < 1.29 is 19.1 Å². The first-order valence-corrected chi connectivity index (χ1v) is 12.2. The molecule has 1 aromatic heterocycles. The molecule has 10 heteroatoms. The van der Waals surface area contributed by atoms with Crippen LogP contribution in [0.1, 0.15) is 13.8 Å². The molecule has 0 radical (unpaired) electrons. The van der Waals surface area contributed by atoms with Crippen molar-refractivity contribution in [2.45, 2.75) is 13.8 Å². The number of carbonyl (C=O) groups excluding carboxylic acids is 2. The molecule has 190 valence electrons. The van der Waals surface area contributed by atoms with Crippen molar-refractivity contribution in [2.24, 2.45) is 5.92 Å². The third kappa shape index (κ3) is 8.03. The minimum atomic E-state index is -0.332. The highest BCUT2D eigenvalue weighted by Crippen LogP contribution is 2.33. The van der Waals surface area contributed by atoms with Crippen LogP contribution in [0.25, 0.3) is 10.9 Å². The van der Waals surface area contributed by atoms with E-state index in [2.05, 4.69) is 36.5 Å². The van der Waals surface area contributed by atoms with Crippen molar-refractivity contribution in [3.63, 3.8) is 0 Å². The highest BCUT2D eigenvalue weighted by atomic mass is 79.9. The van der Waals surface area contributed by atoms with Crippen LogP contribution in [0.15, 0.2) is 59.4 Å². The van der Waals surface area contributed by atoms with E-state index in [1.165, 1.54) is 19.5 Å². The summed E-state index contributed by atoms with van der Waals surface area (Å²) in [6, 6.07) is 11.2. The second kappa shape index (κ2) is 13.0. The maximum Gasteiger partial charge on any atom is 0.320 e. The van der Waals surface area contributed by atoms with E-state index in [-0.39, 0.29) is 24.3 Å². The third-order valence-electron chi connectivity index (χ3n) is 4.96. The summed E-state index contributed by atoms with van der Waals surface area (Å²) in [7, 11) is 3.31. The Morgan fingerprint density at radius 3 is 2.72 bits per heavy atom. The molecule has 0 unspecified atom stereocenters. The Bertz CT molecular complexity index is 1250. The van der Waals surface area contributed by atoms with Gasteiger partial charge in [0.2, 0.25) is 5.91 Å². The zero-order valence-electron chi connectivity index (χ0n) is 20.7. The Morgan fingerprint density at radius 2 is 2.00 bits per heavy atom. The highest BCUT2D eigenvalue weighted by molar-refractivity contribution is 9.10. The molecule has 36 heavy (non-hydrogen) atoms. The molecule has 0 saturated heterocycles. The van der Waals surface area contributed by atoms with Gasteiger partial charge in [-0.2, -0.15) is 0 Å². The predicted molar refractivity (Wildman–Crippen MR) is 145 cm³/mol. The lowest BCUT2D eigenvalue weighted by molar-refractivity contribution is -0.145. The summed E-state index contributed by atoms with van der Waals surface area (Å²) in [6.07, 6.45) is 4.57. The second-order valence-corrected chi connectivity index (χ2v) is 9.51. The van der Waals surface area contributed by atoms with Crippen LogP contribution >= 0.6 is 15.9 Å². The largest absolute Gasteiger partial charge is 0.494 e. The van der Waals surface area contributed by atoms with Crippen LogP contribution in [0.4, 0.5) is 17.2 Å². The first kappa shape index (κ1) is 27.1. The fourth-order valence-corrected chi connectivity index (χ4v) is 3.66. The molecule has 3 aromatic rings. The first-order chi connectivity index (χ1) is 17.2. The number of carbonyl (C=O) groups is 2. The highest BCUT2D eigenvalue weighted by Gasteiger charge is 2.13. The number of likely N-dealkylation sites (N-methyl/N-ethyl adjacent to an activating group) is 1. The SMILES string of the molecule is COc1cc2ncnc(Nc3cccc(Br)c3)c2cc1NC(=O)C=CCN(C)CC(=O)OCC(C)C. The van der Waals surface area contributed by atoms with Crippen LogP contribution in [0.2, 0.25) is 0 Å². The molecule has 0 aliphatic rings. The van der Waals surface area contributed by atoms with Crippen LogP contribution in [0.3, 0.4) is 0 Å². The Balaban J connectivity index is 1.69. The van der Waals surface area contributed by atoms with Crippen molar-refractivity contribution in [1.29, 1.82) is 0 Å². The molecule has 0 aliphatic carbocycles. The van der Waals surface area contributed by atoms with Gasteiger partial charge in [0.05, 0.1) is 31.5 Å². The van der Waals surface area contributed by atoms with E-state index in [4.69, 9.17) is 9.47 Å². The Hall–Kier alpha value is -3.50. The number of aromatic nitrogens is 2. The normalized spacial score (nSPS) is 11.3. The molecule has 2 N–H and O–H groups in total. The number of methoxy groups -OCH3 is 1. The van der Waals surface area contributed by atoms with Crippen LogP contribution in [0.5, 0.6) is 5.75 Å². The summed E-state index contributed by atoms with van der Waals surface area (Å²) in [4.78, 5) is 34.9. The van der Waals surface area contributed by atoms with E-state index in [1.807, 2.05) is 38.1 Å². The van der Waals surface area contributed by atoms with E-state index >= 15 is 0 Å². The molecular weight excluding hydrogens is 526 g/mol. The third-order valence-corrected chi connectivity index (χ3v) is 5.46. The second-order valence-electron chi connectivity index (χ2n) is 8.59. The Morgan fingerprint density at radius 1 is 1.19 bits per heavy atom. The number of nitrogens with one attached hydrogen (secondary N) is 2. The van der Waals surface area contributed by atoms with Gasteiger partial charge in [-0.05, 0) is 37.2 Å². The number of amides is 1. The summed E-state index contributed by atoms with van der Waals surface area (Å²) in [6.45, 7) is 4.91. The van der Waals surface area contributed by atoms with Gasteiger partial charge >= 0.3 is 5.97 Å². The van der Waals surface area contributed by atoms with Gasteiger partial charge in [-0.1, -0.05) is 41.9 Å². The number of fused-ring (bicyclic) bond motifs is 1. The standard InChI is InChI=1S/C26H30BrN5O4/c1-17(2)15-36-25(34)14-32(3)10-6-9-24(33)31-22-12-20-21(13-23(22)35-4)28-16-29-26(20)30-19-8-5-7-18(27)11-19/h5-9,11-13,16-17H,10,14-15H2,1-4H3,(H,31,33)(H,28,29,30). The van der Waals surface area contributed by atoms with Crippen LogP contribution in [-0.2, 0) is 14.3 Å². The summed E-state index contributed by atoms with van der Waals surface area (Å²) in [5.41, 5.74) is 2.00. The van der Waals surface area contributed by atoms with Crippen molar-refractivity contribution in [3.8, 4) is 5.75 Å². The summed E-state index contributed by atoms with van der Waals surface area (Å²) in [5, 5.41) is 6.86. The molecule has 1 heterocycles. The predicted octanol–water partition coefficient (Wildman–Crippen LogP) is 4.77. The minimum Gasteiger partial charge on any atom is -0.494 e. The molecule has 0 aliphatic heterocycles. The van der Waals surface area contributed by atoms with E-state index in [0.717, 1.165) is 15.5 Å². The topological polar surface area (TPSA) is 106 Å². The molecule has 3 rings (SSSR count). The zero-order valence-corrected chi connectivity index (χ0v) is 22.3. The summed E-state index contributed by atoms with van der Waals surface area (Å²) < 4.78 is 11.6. The Kier molecular flexibility index (Phi) is 9.77. The van der Waals surface area contributed by atoms with E-state index in [0.29, 0.717) is 35.9 Å². The number of benzene rings is 2. The molecule has 0 saturated carbocycles. The van der Waals surface area contributed by atoms with Crippen molar-refractivity contribution >= 4 is 55.9 Å². The molecule has 1 amide bonds. The molecule has 9 nitrogen and oxygen atoms in total. The fourth-order valence-electron chi connectivity index (χ4n) is 3.26. The van der Waals surface area contributed by atoms with Gasteiger partial charge in [0.25, 0.3) is 0 Å². The molecular formula is C26H30BrN5O4. The number of nitrogens with zero attached hydrogens (tertiary/aromatic N) is 3. The zero-order chi connectivity index (χ0) is 26.1. The van der Waals surface area contributed by atoms with Crippen molar-refractivity contribution in [3.05, 3.63) is 59.4 Å². The van der Waals surface area contributed by atoms with Gasteiger partial charge in [0, 0.05) is 34.2 Å². The van der Waals surface area contributed by atoms with Crippen molar-refractivity contribution in [1.82, 2.24) is 14.9 Å². The lowest BCUT2D eigenvalue weighted by Crippen LogP contribution is -2.28. The first-order valence-electron chi connectivity index (χ1n) is 11.4. The van der Waals surface area contributed by atoms with Crippen LogP contribution in [-0.4, -0.2) is 60.6 Å². The van der Waals surface area contributed by atoms with Crippen LogP contribution < -0.4 is 15.4 Å². The van der Waals surface area contributed by atoms with Gasteiger partial charge in [-0.3, -0.25) is 14.5 Å². The molecule has 0 bridgehead atoms. The minimum absolute atomic E-state index is 0.144. The van der Waals surface area contributed by atoms with E-state index in [9.17, 15) is 9.59 Å². The number of anilines is 3. The molecule has 2 aromatic carbocycles. The Labute approximate surface area is 219 Å². The molecule has 0 atom stereocenters. The van der Waals surface area contributed by atoms with Gasteiger partial charge in [0.1, 0.15) is 17.9 Å². The van der Waals surface area contributed by atoms with Crippen molar-refractivity contribution in [2.75, 3.05) is 44.5 Å². The number of ether oxygens (including phenoxy) is 2. The van der Waals surface area contributed by atoms with Gasteiger partial charge in [-0.25, -0.2) is 9.97 Å². The average molecular weight is 556 g/mol. The maximum absolute atomic E-state index is 12.6. The van der Waals surface area contributed by atoms with Gasteiger partial charge < -0.3 is 20.1 Å². The number of rotatable bonds is 11.